The van der Waals surface area contributed by atoms with Crippen molar-refractivity contribution >= 4 is 40.8 Å². The molecular weight excluding hydrogens is 394 g/mol. The maximum Gasteiger partial charge on any atom is 0.416 e. The van der Waals surface area contributed by atoms with Crippen molar-refractivity contribution in [1.82, 2.24) is 0 Å². The van der Waals surface area contributed by atoms with Crippen molar-refractivity contribution < 1.29 is 27.5 Å². The molecular formula is C17H12Cl2F3NO3. The Bertz CT molecular complexity index is 823. The van der Waals surface area contributed by atoms with Crippen LogP contribution in [0.3, 0.4) is 0 Å². The SMILES string of the molecule is CC(OC(=O)c1ccc(Cl)cc1)C(=O)Nc1cc(C(F)(F)F)ccc1Cl. The van der Waals surface area contributed by atoms with Gasteiger partial charge in [-0.25, -0.2) is 4.79 Å². The van der Waals surface area contributed by atoms with Gasteiger partial charge in [0.1, 0.15) is 0 Å². The van der Waals surface area contributed by atoms with E-state index in [2.05, 4.69) is 5.32 Å². The molecule has 2 rings (SSSR count). The van der Waals surface area contributed by atoms with Gasteiger partial charge < -0.3 is 10.1 Å². The molecule has 0 heterocycles. The first-order chi connectivity index (χ1) is 12.1. The first-order valence-corrected chi connectivity index (χ1v) is 7.97. The Morgan fingerprint density at radius 1 is 1.08 bits per heavy atom. The van der Waals surface area contributed by atoms with Crippen molar-refractivity contribution in [1.29, 1.82) is 0 Å². The van der Waals surface area contributed by atoms with Crippen LogP contribution in [0, 0.1) is 0 Å². The fourth-order valence-electron chi connectivity index (χ4n) is 1.90. The third kappa shape index (κ3) is 5.12. The highest BCUT2D eigenvalue weighted by Crippen LogP contribution is 2.33. The normalized spacial score (nSPS) is 12.4. The van der Waals surface area contributed by atoms with Crippen LogP contribution in [0.1, 0.15) is 22.8 Å². The van der Waals surface area contributed by atoms with Gasteiger partial charge in [-0.05, 0) is 49.4 Å². The highest BCUT2D eigenvalue weighted by atomic mass is 35.5. The van der Waals surface area contributed by atoms with Crippen LogP contribution in [-0.4, -0.2) is 18.0 Å². The molecule has 0 aliphatic heterocycles. The van der Waals surface area contributed by atoms with Crippen LogP contribution in [-0.2, 0) is 15.7 Å². The summed E-state index contributed by atoms with van der Waals surface area (Å²) < 4.78 is 43.2. The van der Waals surface area contributed by atoms with E-state index in [0.717, 1.165) is 12.1 Å². The molecule has 0 radical (unpaired) electrons. The number of alkyl halides is 3. The number of carbonyl (C=O) groups is 2. The Labute approximate surface area is 156 Å². The summed E-state index contributed by atoms with van der Waals surface area (Å²) in [4.78, 5) is 24.1. The van der Waals surface area contributed by atoms with E-state index in [0.29, 0.717) is 11.1 Å². The number of carbonyl (C=O) groups excluding carboxylic acids is 2. The van der Waals surface area contributed by atoms with Crippen LogP contribution in [0.15, 0.2) is 42.5 Å². The van der Waals surface area contributed by atoms with Gasteiger partial charge in [0.2, 0.25) is 0 Å². The molecule has 1 amide bonds. The van der Waals surface area contributed by atoms with E-state index in [1.54, 1.807) is 0 Å². The Kier molecular flexibility index (Phi) is 6.15. The summed E-state index contributed by atoms with van der Waals surface area (Å²) in [5.41, 5.74) is -1.03. The van der Waals surface area contributed by atoms with Crippen molar-refractivity contribution in [2.45, 2.75) is 19.2 Å². The average molecular weight is 406 g/mol. The summed E-state index contributed by atoms with van der Waals surface area (Å²) in [6.07, 6.45) is -5.85. The van der Waals surface area contributed by atoms with E-state index in [1.807, 2.05) is 0 Å². The molecule has 0 bridgehead atoms. The fraction of sp³-hybridized carbons (Fsp3) is 0.176. The minimum absolute atomic E-state index is 0.0809. The zero-order valence-corrected chi connectivity index (χ0v) is 14.7. The van der Waals surface area contributed by atoms with E-state index in [1.165, 1.54) is 31.2 Å². The Balaban J connectivity index is 2.07. The fourth-order valence-corrected chi connectivity index (χ4v) is 2.19. The first kappa shape index (κ1) is 20.1. The van der Waals surface area contributed by atoms with Gasteiger partial charge in [0.05, 0.1) is 21.8 Å². The van der Waals surface area contributed by atoms with Crippen molar-refractivity contribution in [2.75, 3.05) is 5.32 Å². The van der Waals surface area contributed by atoms with Gasteiger partial charge in [-0.3, -0.25) is 4.79 Å². The largest absolute Gasteiger partial charge is 0.449 e. The lowest BCUT2D eigenvalue weighted by atomic mass is 10.2. The highest BCUT2D eigenvalue weighted by Gasteiger charge is 2.31. The van der Waals surface area contributed by atoms with Gasteiger partial charge in [-0.1, -0.05) is 23.2 Å². The quantitative estimate of drug-likeness (QED) is 0.711. The molecule has 0 aromatic heterocycles. The second kappa shape index (κ2) is 7.97. The lowest BCUT2D eigenvalue weighted by Gasteiger charge is -2.15. The van der Waals surface area contributed by atoms with E-state index in [9.17, 15) is 22.8 Å². The standard InChI is InChI=1S/C17H12Cl2F3NO3/c1-9(26-16(25)10-2-5-12(18)6-3-10)15(24)23-14-8-11(17(20,21)22)4-7-13(14)19/h2-9H,1H3,(H,23,24). The zero-order valence-electron chi connectivity index (χ0n) is 13.2. The van der Waals surface area contributed by atoms with Gasteiger partial charge in [0, 0.05) is 5.02 Å². The first-order valence-electron chi connectivity index (χ1n) is 7.22. The van der Waals surface area contributed by atoms with Crippen molar-refractivity contribution in [2.24, 2.45) is 0 Å². The second-order valence-electron chi connectivity index (χ2n) is 5.24. The van der Waals surface area contributed by atoms with Crippen LogP contribution in [0.25, 0.3) is 0 Å². The van der Waals surface area contributed by atoms with E-state index < -0.39 is 29.7 Å². The Morgan fingerprint density at radius 2 is 1.69 bits per heavy atom. The summed E-state index contributed by atoms with van der Waals surface area (Å²) in [6, 6.07) is 8.30. The smallest absolute Gasteiger partial charge is 0.416 e. The van der Waals surface area contributed by atoms with Crippen LogP contribution in [0.2, 0.25) is 10.0 Å². The molecule has 9 heteroatoms. The molecule has 26 heavy (non-hydrogen) atoms. The number of hydrogen-bond donors (Lipinski definition) is 1. The van der Waals surface area contributed by atoms with E-state index in [-0.39, 0.29) is 16.3 Å². The number of benzene rings is 2. The maximum absolute atomic E-state index is 12.7. The molecule has 4 nitrogen and oxygen atoms in total. The average Bonchev–Trinajstić information content (AvgIpc) is 2.56. The molecule has 138 valence electrons. The Morgan fingerprint density at radius 3 is 2.27 bits per heavy atom. The van der Waals surface area contributed by atoms with Crippen molar-refractivity contribution in [3.8, 4) is 0 Å². The predicted octanol–water partition coefficient (Wildman–Crippen LogP) is 5.20. The number of nitrogens with one attached hydrogen (secondary N) is 1. The molecule has 0 aliphatic rings. The summed E-state index contributed by atoms with van der Waals surface area (Å²) in [6.45, 7) is 1.28. The second-order valence-corrected chi connectivity index (χ2v) is 6.08. The summed E-state index contributed by atoms with van der Waals surface area (Å²) in [5.74, 6) is -1.60. The van der Waals surface area contributed by atoms with Crippen LogP contribution < -0.4 is 5.32 Å². The zero-order chi connectivity index (χ0) is 19.5. The van der Waals surface area contributed by atoms with E-state index >= 15 is 0 Å². The molecule has 1 atom stereocenters. The van der Waals surface area contributed by atoms with Crippen molar-refractivity contribution in [3.05, 3.63) is 63.6 Å². The molecule has 0 saturated heterocycles. The number of esters is 1. The highest BCUT2D eigenvalue weighted by molar-refractivity contribution is 6.33. The molecule has 2 aromatic rings. The molecule has 2 aromatic carbocycles. The van der Waals surface area contributed by atoms with Crippen LogP contribution in [0.5, 0.6) is 0 Å². The lowest BCUT2D eigenvalue weighted by molar-refractivity contribution is -0.137. The van der Waals surface area contributed by atoms with Gasteiger partial charge >= 0.3 is 12.1 Å². The van der Waals surface area contributed by atoms with Gasteiger partial charge in [0.25, 0.3) is 5.91 Å². The third-order valence-corrected chi connectivity index (χ3v) is 3.87. The third-order valence-electron chi connectivity index (χ3n) is 3.28. The number of ether oxygens (including phenoxy) is 1. The minimum atomic E-state index is -4.59. The molecule has 0 aliphatic carbocycles. The monoisotopic (exact) mass is 405 g/mol. The summed E-state index contributed by atoms with van der Waals surface area (Å²) >= 11 is 11.5. The van der Waals surface area contributed by atoms with Crippen LogP contribution >= 0.6 is 23.2 Å². The topological polar surface area (TPSA) is 55.4 Å². The molecule has 1 unspecified atom stereocenters. The molecule has 1 N–H and O–H groups in total. The Hall–Kier alpha value is -2.25. The summed E-state index contributed by atoms with van der Waals surface area (Å²) in [5, 5.41) is 2.56. The van der Waals surface area contributed by atoms with Gasteiger partial charge in [-0.15, -0.1) is 0 Å². The van der Waals surface area contributed by atoms with E-state index in [4.69, 9.17) is 27.9 Å². The number of amides is 1. The summed E-state index contributed by atoms with van der Waals surface area (Å²) in [7, 11) is 0. The molecule has 0 saturated carbocycles. The molecule has 0 spiro atoms. The molecule has 0 fully saturated rings. The van der Waals surface area contributed by atoms with Gasteiger partial charge in [-0.2, -0.15) is 13.2 Å². The number of rotatable bonds is 4. The number of halogens is 5. The minimum Gasteiger partial charge on any atom is -0.449 e. The lowest BCUT2D eigenvalue weighted by Crippen LogP contribution is -2.30. The number of anilines is 1. The number of hydrogen-bond acceptors (Lipinski definition) is 3. The maximum atomic E-state index is 12.7. The van der Waals surface area contributed by atoms with Crippen LogP contribution in [0.4, 0.5) is 18.9 Å². The van der Waals surface area contributed by atoms with Crippen molar-refractivity contribution in [3.63, 3.8) is 0 Å². The predicted molar refractivity (Wildman–Crippen MR) is 91.4 cm³/mol. The van der Waals surface area contributed by atoms with Gasteiger partial charge in [0.15, 0.2) is 6.10 Å².